The van der Waals surface area contributed by atoms with Gasteiger partial charge in [0.2, 0.25) is 5.91 Å². The molecule has 6 heteroatoms. The van der Waals surface area contributed by atoms with Crippen molar-refractivity contribution in [2.24, 2.45) is 5.41 Å². The molecule has 1 heterocycles. The molecule has 1 atom stereocenters. The minimum absolute atomic E-state index is 0.0210. The second-order valence-corrected chi connectivity index (χ2v) is 5.58. The Morgan fingerprint density at radius 2 is 2.14 bits per heavy atom. The van der Waals surface area contributed by atoms with E-state index in [1.165, 1.54) is 7.11 Å². The molecule has 1 aliphatic rings. The highest BCUT2D eigenvalue weighted by molar-refractivity contribution is 5.92. The molecule has 0 bridgehead atoms. The SMILES string of the molecule is CNC(=O)C1(C)CCN(c2cc(C(=O)OC)ccc2N)C1. The van der Waals surface area contributed by atoms with E-state index in [0.717, 1.165) is 18.7 Å². The summed E-state index contributed by atoms with van der Waals surface area (Å²) < 4.78 is 4.73. The van der Waals surface area contributed by atoms with Crippen molar-refractivity contribution < 1.29 is 14.3 Å². The Bertz CT molecular complexity index is 573. The van der Waals surface area contributed by atoms with Gasteiger partial charge < -0.3 is 20.7 Å². The summed E-state index contributed by atoms with van der Waals surface area (Å²) in [6.07, 6.45) is 0.745. The van der Waals surface area contributed by atoms with Crippen LogP contribution in [0.15, 0.2) is 18.2 Å². The molecule has 0 saturated carbocycles. The largest absolute Gasteiger partial charge is 0.465 e. The average Bonchev–Trinajstić information content (AvgIpc) is 2.89. The van der Waals surface area contributed by atoms with E-state index in [-0.39, 0.29) is 5.91 Å². The summed E-state index contributed by atoms with van der Waals surface area (Å²) in [6.45, 7) is 3.23. The summed E-state index contributed by atoms with van der Waals surface area (Å²) in [5.41, 5.74) is 7.38. The van der Waals surface area contributed by atoms with Crippen LogP contribution in [0.2, 0.25) is 0 Å². The smallest absolute Gasteiger partial charge is 0.337 e. The van der Waals surface area contributed by atoms with E-state index in [1.807, 2.05) is 11.8 Å². The molecule has 114 valence electrons. The number of esters is 1. The van der Waals surface area contributed by atoms with Crippen LogP contribution in [0.5, 0.6) is 0 Å². The van der Waals surface area contributed by atoms with Crippen LogP contribution in [0.25, 0.3) is 0 Å². The third kappa shape index (κ3) is 2.79. The standard InChI is InChI=1S/C15H21N3O3/c1-15(14(20)17-2)6-7-18(9-15)12-8-10(13(19)21-3)4-5-11(12)16/h4-5,8H,6-7,9,16H2,1-3H3,(H,17,20). The fraction of sp³-hybridized carbons (Fsp3) is 0.467. The van der Waals surface area contributed by atoms with E-state index in [0.29, 0.717) is 17.8 Å². The monoisotopic (exact) mass is 291 g/mol. The minimum Gasteiger partial charge on any atom is -0.465 e. The van der Waals surface area contributed by atoms with Crippen molar-refractivity contribution in [3.8, 4) is 0 Å². The van der Waals surface area contributed by atoms with E-state index >= 15 is 0 Å². The number of carbonyl (C=O) groups excluding carboxylic acids is 2. The minimum atomic E-state index is -0.442. The van der Waals surface area contributed by atoms with Gasteiger partial charge in [-0.15, -0.1) is 0 Å². The Labute approximate surface area is 124 Å². The third-order valence-electron chi connectivity index (χ3n) is 4.04. The van der Waals surface area contributed by atoms with Crippen molar-refractivity contribution in [2.45, 2.75) is 13.3 Å². The van der Waals surface area contributed by atoms with Gasteiger partial charge in [0.05, 0.1) is 29.5 Å². The third-order valence-corrected chi connectivity index (χ3v) is 4.04. The Kier molecular flexibility index (Phi) is 4.06. The zero-order valence-corrected chi connectivity index (χ0v) is 12.6. The van der Waals surface area contributed by atoms with Crippen LogP contribution in [0.3, 0.4) is 0 Å². The number of benzene rings is 1. The van der Waals surface area contributed by atoms with Gasteiger partial charge in [-0.3, -0.25) is 4.79 Å². The molecule has 1 saturated heterocycles. The topological polar surface area (TPSA) is 84.7 Å². The second-order valence-electron chi connectivity index (χ2n) is 5.58. The number of hydrogen-bond acceptors (Lipinski definition) is 5. The lowest BCUT2D eigenvalue weighted by atomic mass is 9.89. The zero-order valence-electron chi connectivity index (χ0n) is 12.6. The predicted octanol–water partition coefficient (Wildman–Crippen LogP) is 1.02. The molecule has 1 fully saturated rings. The highest BCUT2D eigenvalue weighted by Crippen LogP contribution is 2.36. The maximum atomic E-state index is 12.0. The molecule has 0 aromatic heterocycles. The number of nitrogens with one attached hydrogen (secondary N) is 1. The van der Waals surface area contributed by atoms with E-state index in [9.17, 15) is 9.59 Å². The van der Waals surface area contributed by atoms with Crippen molar-refractivity contribution >= 4 is 23.3 Å². The van der Waals surface area contributed by atoms with Gasteiger partial charge in [0.15, 0.2) is 0 Å². The number of rotatable bonds is 3. The van der Waals surface area contributed by atoms with Crippen molar-refractivity contribution in [1.82, 2.24) is 5.32 Å². The molecule has 1 unspecified atom stereocenters. The van der Waals surface area contributed by atoms with Crippen molar-refractivity contribution in [3.05, 3.63) is 23.8 Å². The first-order valence-electron chi connectivity index (χ1n) is 6.86. The maximum Gasteiger partial charge on any atom is 0.337 e. The fourth-order valence-electron chi connectivity index (χ4n) is 2.72. The molecule has 1 aromatic rings. The van der Waals surface area contributed by atoms with Gasteiger partial charge in [0, 0.05) is 20.1 Å². The van der Waals surface area contributed by atoms with Crippen LogP contribution < -0.4 is 16.0 Å². The van der Waals surface area contributed by atoms with Crippen LogP contribution in [0, 0.1) is 5.41 Å². The first-order chi connectivity index (χ1) is 9.91. The van der Waals surface area contributed by atoms with Gasteiger partial charge >= 0.3 is 5.97 Å². The number of ether oxygens (including phenoxy) is 1. The molecular weight excluding hydrogens is 270 g/mol. The number of methoxy groups -OCH3 is 1. The van der Waals surface area contributed by atoms with E-state index in [2.05, 4.69) is 5.32 Å². The lowest BCUT2D eigenvalue weighted by molar-refractivity contribution is -0.128. The van der Waals surface area contributed by atoms with Crippen LogP contribution >= 0.6 is 0 Å². The number of hydrogen-bond donors (Lipinski definition) is 2. The summed E-state index contributed by atoms with van der Waals surface area (Å²) in [4.78, 5) is 25.6. The summed E-state index contributed by atoms with van der Waals surface area (Å²) in [6, 6.07) is 5.05. The first kappa shape index (κ1) is 15.2. The van der Waals surface area contributed by atoms with Gasteiger partial charge in [-0.05, 0) is 31.5 Å². The van der Waals surface area contributed by atoms with Crippen LogP contribution in [0.4, 0.5) is 11.4 Å². The zero-order chi connectivity index (χ0) is 15.6. The quantitative estimate of drug-likeness (QED) is 0.641. The van der Waals surface area contributed by atoms with Gasteiger partial charge in [-0.1, -0.05) is 0 Å². The molecule has 6 nitrogen and oxygen atoms in total. The Morgan fingerprint density at radius 3 is 2.76 bits per heavy atom. The second kappa shape index (κ2) is 5.63. The van der Waals surface area contributed by atoms with Gasteiger partial charge in [0.25, 0.3) is 0 Å². The highest BCUT2D eigenvalue weighted by atomic mass is 16.5. The normalized spacial score (nSPS) is 21.2. The van der Waals surface area contributed by atoms with Crippen molar-refractivity contribution in [2.75, 3.05) is 37.9 Å². The number of nitrogen functional groups attached to an aromatic ring is 1. The highest BCUT2D eigenvalue weighted by Gasteiger charge is 2.40. The fourth-order valence-corrected chi connectivity index (χ4v) is 2.72. The molecule has 21 heavy (non-hydrogen) atoms. The van der Waals surface area contributed by atoms with Crippen molar-refractivity contribution in [1.29, 1.82) is 0 Å². The van der Waals surface area contributed by atoms with Crippen molar-refractivity contribution in [3.63, 3.8) is 0 Å². The van der Waals surface area contributed by atoms with E-state index in [4.69, 9.17) is 10.5 Å². The number of anilines is 2. The number of nitrogens with zero attached hydrogens (tertiary/aromatic N) is 1. The van der Waals surface area contributed by atoms with Gasteiger partial charge in [-0.2, -0.15) is 0 Å². The Morgan fingerprint density at radius 1 is 1.43 bits per heavy atom. The van der Waals surface area contributed by atoms with E-state index in [1.54, 1.807) is 25.2 Å². The van der Waals surface area contributed by atoms with Gasteiger partial charge in [-0.25, -0.2) is 4.79 Å². The molecule has 2 rings (SSSR count). The summed E-state index contributed by atoms with van der Waals surface area (Å²) in [5, 5.41) is 2.70. The number of carbonyl (C=O) groups is 2. The lowest BCUT2D eigenvalue weighted by Gasteiger charge is -2.25. The number of amides is 1. The van der Waals surface area contributed by atoms with E-state index < -0.39 is 11.4 Å². The molecule has 1 amide bonds. The molecular formula is C15H21N3O3. The van der Waals surface area contributed by atoms with Gasteiger partial charge in [0.1, 0.15) is 0 Å². The molecule has 1 aromatic carbocycles. The molecule has 1 aliphatic heterocycles. The Balaban J connectivity index is 2.27. The van der Waals surface area contributed by atoms with Crippen LogP contribution in [-0.2, 0) is 9.53 Å². The first-order valence-corrected chi connectivity index (χ1v) is 6.86. The summed E-state index contributed by atoms with van der Waals surface area (Å²) >= 11 is 0. The predicted molar refractivity (Wildman–Crippen MR) is 81.2 cm³/mol. The average molecular weight is 291 g/mol. The van der Waals surface area contributed by atoms with Crippen LogP contribution in [0.1, 0.15) is 23.7 Å². The number of nitrogens with two attached hydrogens (primary N) is 1. The molecule has 0 radical (unpaired) electrons. The molecule has 0 aliphatic carbocycles. The summed E-state index contributed by atoms with van der Waals surface area (Å²) in [5.74, 6) is -0.378. The summed E-state index contributed by atoms with van der Waals surface area (Å²) in [7, 11) is 2.99. The van der Waals surface area contributed by atoms with Crippen LogP contribution in [-0.4, -0.2) is 39.1 Å². The molecule has 3 N–H and O–H groups in total. The Hall–Kier alpha value is -2.24. The lowest BCUT2D eigenvalue weighted by Crippen LogP contribution is -2.39. The maximum absolute atomic E-state index is 12.0. The molecule has 0 spiro atoms.